The van der Waals surface area contributed by atoms with Gasteiger partial charge in [0.05, 0.1) is 6.61 Å². The summed E-state index contributed by atoms with van der Waals surface area (Å²) in [5.74, 6) is 3.52. The Morgan fingerprint density at radius 3 is 2.35 bits per heavy atom. The summed E-state index contributed by atoms with van der Waals surface area (Å²) < 4.78 is 11.5. The summed E-state index contributed by atoms with van der Waals surface area (Å²) >= 11 is 0. The van der Waals surface area contributed by atoms with Crippen molar-refractivity contribution >= 4 is 35.9 Å². The van der Waals surface area contributed by atoms with E-state index < -0.39 is 0 Å². The number of ether oxygens (including phenoxy) is 2. The molecular formula is C24H30IN7O2. The molecule has 0 atom stereocenters. The summed E-state index contributed by atoms with van der Waals surface area (Å²) in [5, 5.41) is 3.43. The van der Waals surface area contributed by atoms with Crippen LogP contribution in [0.15, 0.2) is 66.0 Å². The molecular weight excluding hydrogens is 545 g/mol. The Bertz CT molecular complexity index is 1040. The molecule has 1 fully saturated rings. The monoisotopic (exact) mass is 575 g/mol. The van der Waals surface area contributed by atoms with E-state index in [9.17, 15) is 0 Å². The quantitative estimate of drug-likeness (QED) is 0.260. The summed E-state index contributed by atoms with van der Waals surface area (Å²) in [6.45, 7) is 6.54. The standard InChI is InChI=1S/C24H29N7O2.HI/c1-3-32-20-7-4-5-8-21(20)33-22-10-9-19(17-28-22)18-29-23(25-2)30-13-15-31(16-14-30)24-26-11-6-12-27-24;/h4-12,17H,3,13-16,18H2,1-2H3,(H,25,29);1H. The maximum atomic E-state index is 5.90. The second-order valence-electron chi connectivity index (χ2n) is 7.41. The minimum atomic E-state index is 0. The number of aromatic nitrogens is 3. The zero-order valence-corrected chi connectivity index (χ0v) is 21.8. The van der Waals surface area contributed by atoms with Gasteiger partial charge in [0.15, 0.2) is 17.5 Å². The van der Waals surface area contributed by atoms with Gasteiger partial charge in [-0.3, -0.25) is 4.99 Å². The largest absolute Gasteiger partial charge is 0.490 e. The highest BCUT2D eigenvalue weighted by atomic mass is 127. The number of guanidine groups is 1. The third-order valence-electron chi connectivity index (χ3n) is 5.24. The summed E-state index contributed by atoms with van der Waals surface area (Å²) in [6.07, 6.45) is 5.36. The number of nitrogens with one attached hydrogen (secondary N) is 1. The Kier molecular flexibility index (Phi) is 9.68. The van der Waals surface area contributed by atoms with Gasteiger partial charge >= 0.3 is 0 Å². The summed E-state index contributed by atoms with van der Waals surface area (Å²) in [5.41, 5.74) is 1.04. The fourth-order valence-electron chi connectivity index (χ4n) is 3.58. The highest BCUT2D eigenvalue weighted by Gasteiger charge is 2.21. The summed E-state index contributed by atoms with van der Waals surface area (Å²) in [7, 11) is 1.81. The Labute approximate surface area is 217 Å². The minimum absolute atomic E-state index is 0. The predicted octanol–water partition coefficient (Wildman–Crippen LogP) is 3.58. The van der Waals surface area contributed by atoms with Gasteiger partial charge in [-0.1, -0.05) is 18.2 Å². The molecule has 0 saturated carbocycles. The summed E-state index contributed by atoms with van der Waals surface area (Å²) in [6, 6.07) is 13.3. The van der Waals surface area contributed by atoms with Gasteiger partial charge in [-0.15, -0.1) is 24.0 Å². The van der Waals surface area contributed by atoms with E-state index in [4.69, 9.17) is 9.47 Å². The van der Waals surface area contributed by atoms with Crippen LogP contribution in [-0.2, 0) is 6.54 Å². The number of anilines is 1. The first-order valence-corrected chi connectivity index (χ1v) is 11.1. The molecule has 34 heavy (non-hydrogen) atoms. The molecule has 1 aromatic carbocycles. The maximum absolute atomic E-state index is 5.90. The fourth-order valence-corrected chi connectivity index (χ4v) is 3.58. The highest BCUT2D eigenvalue weighted by molar-refractivity contribution is 14.0. The Balaban J connectivity index is 0.00000324. The number of hydrogen-bond donors (Lipinski definition) is 1. The fraction of sp³-hybridized carbons (Fsp3) is 0.333. The molecule has 0 aliphatic carbocycles. The van der Waals surface area contributed by atoms with Crippen molar-refractivity contribution in [2.75, 3.05) is 44.7 Å². The molecule has 1 aliphatic rings. The predicted molar refractivity (Wildman–Crippen MR) is 143 cm³/mol. The number of benzene rings is 1. The third kappa shape index (κ3) is 6.69. The van der Waals surface area contributed by atoms with Crippen molar-refractivity contribution in [2.45, 2.75) is 13.5 Å². The van der Waals surface area contributed by atoms with E-state index in [0.29, 0.717) is 30.5 Å². The number of rotatable bonds is 7. The molecule has 3 aromatic rings. The molecule has 1 aliphatic heterocycles. The number of halogens is 1. The SMILES string of the molecule is CCOc1ccccc1Oc1ccc(CNC(=NC)N2CCN(c3ncccn3)CC2)cn1.I. The van der Waals surface area contributed by atoms with Gasteiger partial charge in [-0.05, 0) is 30.7 Å². The van der Waals surface area contributed by atoms with Gasteiger partial charge in [-0.2, -0.15) is 0 Å². The third-order valence-corrected chi connectivity index (χ3v) is 5.24. The Morgan fingerprint density at radius 1 is 0.971 bits per heavy atom. The van der Waals surface area contributed by atoms with Crippen molar-refractivity contribution in [3.63, 3.8) is 0 Å². The van der Waals surface area contributed by atoms with Crippen LogP contribution < -0.4 is 19.7 Å². The van der Waals surface area contributed by atoms with E-state index >= 15 is 0 Å². The van der Waals surface area contributed by atoms with E-state index in [1.807, 2.05) is 55.6 Å². The van der Waals surface area contributed by atoms with Gasteiger partial charge in [0, 0.05) is 64.4 Å². The minimum Gasteiger partial charge on any atom is -0.490 e. The van der Waals surface area contributed by atoms with Crippen LogP contribution in [0.4, 0.5) is 5.95 Å². The molecule has 180 valence electrons. The van der Waals surface area contributed by atoms with Crippen LogP contribution in [0, 0.1) is 0 Å². The van der Waals surface area contributed by atoms with E-state index in [2.05, 4.69) is 35.1 Å². The summed E-state index contributed by atoms with van der Waals surface area (Å²) in [4.78, 5) is 22.0. The van der Waals surface area contributed by atoms with Crippen LogP contribution in [0.25, 0.3) is 0 Å². The van der Waals surface area contributed by atoms with Crippen molar-refractivity contribution < 1.29 is 9.47 Å². The number of aliphatic imine (C=N–C) groups is 1. The molecule has 0 bridgehead atoms. The van der Waals surface area contributed by atoms with Crippen molar-refractivity contribution in [3.8, 4) is 17.4 Å². The second-order valence-corrected chi connectivity index (χ2v) is 7.41. The van der Waals surface area contributed by atoms with Crippen molar-refractivity contribution in [3.05, 3.63) is 66.6 Å². The van der Waals surface area contributed by atoms with Crippen molar-refractivity contribution in [1.82, 2.24) is 25.2 Å². The molecule has 0 amide bonds. The number of pyridine rings is 1. The number of hydrogen-bond acceptors (Lipinski definition) is 7. The van der Waals surface area contributed by atoms with Gasteiger partial charge in [-0.25, -0.2) is 15.0 Å². The van der Waals surface area contributed by atoms with E-state index in [0.717, 1.165) is 43.7 Å². The Hall–Kier alpha value is -3.15. The molecule has 4 rings (SSSR count). The first-order chi connectivity index (χ1) is 16.3. The van der Waals surface area contributed by atoms with E-state index in [1.54, 1.807) is 19.4 Å². The molecule has 3 heterocycles. The second kappa shape index (κ2) is 12.9. The van der Waals surface area contributed by atoms with Crippen LogP contribution >= 0.6 is 24.0 Å². The van der Waals surface area contributed by atoms with Crippen molar-refractivity contribution in [1.29, 1.82) is 0 Å². The van der Waals surface area contributed by atoms with E-state index in [-0.39, 0.29) is 24.0 Å². The number of piperazine rings is 1. The zero-order chi connectivity index (χ0) is 22.9. The lowest BCUT2D eigenvalue weighted by atomic mass is 10.3. The highest BCUT2D eigenvalue weighted by Crippen LogP contribution is 2.30. The lowest BCUT2D eigenvalue weighted by Gasteiger charge is -2.36. The first-order valence-electron chi connectivity index (χ1n) is 11.1. The zero-order valence-electron chi connectivity index (χ0n) is 19.4. The Morgan fingerprint density at radius 2 is 1.71 bits per heavy atom. The topological polar surface area (TPSA) is 88.0 Å². The lowest BCUT2D eigenvalue weighted by molar-refractivity contribution is 0.319. The molecule has 0 spiro atoms. The van der Waals surface area contributed by atoms with Crippen LogP contribution in [0.3, 0.4) is 0 Å². The van der Waals surface area contributed by atoms with Gasteiger partial charge < -0.3 is 24.6 Å². The average Bonchev–Trinajstić information content (AvgIpc) is 2.88. The molecule has 0 radical (unpaired) electrons. The molecule has 10 heteroatoms. The molecule has 1 N–H and O–H groups in total. The van der Waals surface area contributed by atoms with Crippen LogP contribution in [-0.4, -0.2) is 65.6 Å². The van der Waals surface area contributed by atoms with Gasteiger partial charge in [0.1, 0.15) is 0 Å². The lowest BCUT2D eigenvalue weighted by Crippen LogP contribution is -2.52. The first kappa shape index (κ1) is 25.5. The molecule has 9 nitrogen and oxygen atoms in total. The van der Waals surface area contributed by atoms with E-state index in [1.165, 1.54) is 0 Å². The normalized spacial score (nSPS) is 13.8. The van der Waals surface area contributed by atoms with Gasteiger partial charge in [0.2, 0.25) is 11.8 Å². The van der Waals surface area contributed by atoms with Crippen molar-refractivity contribution in [2.24, 2.45) is 4.99 Å². The number of nitrogens with zero attached hydrogens (tertiary/aromatic N) is 6. The smallest absolute Gasteiger partial charge is 0.225 e. The maximum Gasteiger partial charge on any atom is 0.225 e. The van der Waals surface area contributed by atoms with Gasteiger partial charge in [0.25, 0.3) is 0 Å². The number of para-hydroxylation sites is 2. The van der Waals surface area contributed by atoms with Crippen LogP contribution in [0.2, 0.25) is 0 Å². The van der Waals surface area contributed by atoms with Crippen LogP contribution in [0.1, 0.15) is 12.5 Å². The molecule has 1 saturated heterocycles. The average molecular weight is 575 g/mol. The molecule has 2 aromatic heterocycles. The molecule has 0 unspecified atom stereocenters. The van der Waals surface area contributed by atoms with Crippen LogP contribution in [0.5, 0.6) is 17.4 Å².